The summed E-state index contributed by atoms with van der Waals surface area (Å²) < 4.78 is 18.9. The van der Waals surface area contributed by atoms with Gasteiger partial charge in [-0.3, -0.25) is 9.59 Å². The van der Waals surface area contributed by atoms with Crippen LogP contribution in [0, 0.1) is 5.95 Å². The second-order valence-electron chi connectivity index (χ2n) is 9.32. The first kappa shape index (κ1) is 23.7. The molecule has 5 rings (SSSR count). The standard InChI is InChI=1S/C25H26FN5O5/c1-14-3-7-19(16-4-8-20(26)28-12-16)31(14)21(32)13-30-22(33)25(36-24(30)35)10-9-15-11-17(5-6-18(15)25)29-23(34)27-2/h4-6,8,11-12,14,19H,3,7,9-10,13H2,1-2H3,(H2,27,29,34)/t14-,19+,25-/m1/s1. The van der Waals surface area contributed by atoms with E-state index in [0.717, 1.165) is 16.9 Å². The molecule has 1 aromatic carbocycles. The van der Waals surface area contributed by atoms with E-state index in [1.54, 1.807) is 29.2 Å². The van der Waals surface area contributed by atoms with Crippen LogP contribution < -0.4 is 10.6 Å². The molecule has 2 saturated heterocycles. The lowest BCUT2D eigenvalue weighted by Gasteiger charge is -2.30. The fourth-order valence-electron chi connectivity index (χ4n) is 5.46. The molecular formula is C25H26FN5O5. The third-order valence-corrected chi connectivity index (χ3v) is 7.23. The maximum atomic E-state index is 13.5. The molecule has 10 nitrogen and oxygen atoms in total. The molecule has 2 aliphatic heterocycles. The predicted molar refractivity (Wildman–Crippen MR) is 125 cm³/mol. The highest BCUT2D eigenvalue weighted by molar-refractivity contribution is 6.06. The van der Waals surface area contributed by atoms with Crippen LogP contribution in [0.15, 0.2) is 36.5 Å². The molecule has 188 valence electrons. The number of rotatable bonds is 4. The number of carbonyl (C=O) groups excluding carboxylic acids is 4. The van der Waals surface area contributed by atoms with Crippen LogP contribution in [-0.2, 0) is 26.3 Å². The van der Waals surface area contributed by atoms with Gasteiger partial charge < -0.3 is 20.3 Å². The number of benzene rings is 1. The van der Waals surface area contributed by atoms with Gasteiger partial charge in [-0.2, -0.15) is 4.39 Å². The first-order valence-electron chi connectivity index (χ1n) is 11.8. The third kappa shape index (κ3) is 3.84. The van der Waals surface area contributed by atoms with Crippen molar-refractivity contribution in [3.63, 3.8) is 0 Å². The summed E-state index contributed by atoms with van der Waals surface area (Å²) in [5.74, 6) is -1.56. The summed E-state index contributed by atoms with van der Waals surface area (Å²) in [6, 6.07) is 7.10. The minimum atomic E-state index is -1.48. The van der Waals surface area contributed by atoms with Gasteiger partial charge in [0.2, 0.25) is 17.5 Å². The van der Waals surface area contributed by atoms with Crippen molar-refractivity contribution in [3.8, 4) is 0 Å². The number of urea groups is 1. The number of amides is 5. The zero-order chi connectivity index (χ0) is 25.6. The molecule has 1 spiro atoms. The fraction of sp³-hybridized carbons (Fsp3) is 0.400. The lowest BCUT2D eigenvalue weighted by molar-refractivity contribution is -0.143. The molecule has 0 radical (unpaired) electrons. The number of carbonyl (C=O) groups is 4. The first-order valence-corrected chi connectivity index (χ1v) is 11.8. The second-order valence-corrected chi connectivity index (χ2v) is 9.32. The van der Waals surface area contributed by atoms with E-state index >= 15 is 0 Å². The van der Waals surface area contributed by atoms with Crippen LogP contribution in [0.4, 0.5) is 19.7 Å². The fourth-order valence-corrected chi connectivity index (χ4v) is 5.46. The molecule has 0 unspecified atom stereocenters. The molecule has 2 aromatic rings. The van der Waals surface area contributed by atoms with Crippen LogP contribution in [0.3, 0.4) is 0 Å². The Morgan fingerprint density at radius 1 is 1.22 bits per heavy atom. The van der Waals surface area contributed by atoms with E-state index in [-0.39, 0.29) is 30.4 Å². The Bertz CT molecular complexity index is 1250. The molecule has 1 aromatic heterocycles. The van der Waals surface area contributed by atoms with Gasteiger partial charge >= 0.3 is 12.1 Å². The van der Waals surface area contributed by atoms with Crippen molar-refractivity contribution >= 4 is 29.6 Å². The van der Waals surface area contributed by atoms with Crippen molar-refractivity contribution in [2.75, 3.05) is 18.9 Å². The summed E-state index contributed by atoms with van der Waals surface area (Å²) in [4.78, 5) is 57.5. The van der Waals surface area contributed by atoms with E-state index in [0.29, 0.717) is 29.7 Å². The Morgan fingerprint density at radius 3 is 2.75 bits per heavy atom. The zero-order valence-electron chi connectivity index (χ0n) is 19.9. The van der Waals surface area contributed by atoms with Gasteiger partial charge in [0.25, 0.3) is 5.91 Å². The van der Waals surface area contributed by atoms with Gasteiger partial charge in [-0.25, -0.2) is 19.5 Å². The number of pyridine rings is 1. The van der Waals surface area contributed by atoms with Crippen molar-refractivity contribution in [1.82, 2.24) is 20.1 Å². The average molecular weight is 496 g/mol. The number of aryl methyl sites for hydroxylation is 1. The minimum Gasteiger partial charge on any atom is -0.427 e. The number of anilines is 1. The molecule has 3 heterocycles. The summed E-state index contributed by atoms with van der Waals surface area (Å²) in [5, 5.41) is 5.16. The Morgan fingerprint density at radius 2 is 2.03 bits per heavy atom. The monoisotopic (exact) mass is 495 g/mol. The molecule has 3 aliphatic rings. The van der Waals surface area contributed by atoms with Gasteiger partial charge in [-0.15, -0.1) is 0 Å². The van der Waals surface area contributed by atoms with Crippen molar-refractivity contribution < 1.29 is 28.3 Å². The van der Waals surface area contributed by atoms with Crippen LogP contribution in [0.1, 0.15) is 48.9 Å². The molecule has 0 bridgehead atoms. The number of aromatic nitrogens is 1. The predicted octanol–water partition coefficient (Wildman–Crippen LogP) is 2.84. The maximum absolute atomic E-state index is 13.5. The molecule has 2 N–H and O–H groups in total. The molecule has 11 heteroatoms. The number of likely N-dealkylation sites (tertiary alicyclic amines) is 1. The highest BCUT2D eigenvalue weighted by Crippen LogP contribution is 2.46. The van der Waals surface area contributed by atoms with E-state index in [9.17, 15) is 23.6 Å². The lowest BCUT2D eigenvalue weighted by atomic mass is 9.94. The van der Waals surface area contributed by atoms with Crippen LogP contribution in [-0.4, -0.2) is 58.4 Å². The number of fused-ring (bicyclic) bond motifs is 2. The van der Waals surface area contributed by atoms with Gasteiger partial charge in [-0.1, -0.05) is 12.1 Å². The zero-order valence-corrected chi connectivity index (χ0v) is 19.9. The van der Waals surface area contributed by atoms with E-state index in [2.05, 4.69) is 15.6 Å². The van der Waals surface area contributed by atoms with E-state index in [1.165, 1.54) is 19.3 Å². The van der Waals surface area contributed by atoms with E-state index < -0.39 is 30.1 Å². The third-order valence-electron chi connectivity index (χ3n) is 7.23. The smallest absolute Gasteiger partial charge is 0.418 e. The number of halogens is 1. The largest absolute Gasteiger partial charge is 0.427 e. The average Bonchev–Trinajstić information content (AvgIpc) is 3.49. The number of nitrogens with one attached hydrogen (secondary N) is 2. The quantitative estimate of drug-likeness (QED) is 0.630. The highest BCUT2D eigenvalue weighted by Gasteiger charge is 2.58. The molecule has 36 heavy (non-hydrogen) atoms. The lowest BCUT2D eigenvalue weighted by Crippen LogP contribution is -2.46. The molecule has 1 aliphatic carbocycles. The summed E-state index contributed by atoms with van der Waals surface area (Å²) in [6.07, 6.45) is 2.68. The van der Waals surface area contributed by atoms with Crippen LogP contribution in [0.2, 0.25) is 0 Å². The Labute approximate surface area is 206 Å². The molecule has 3 atom stereocenters. The van der Waals surface area contributed by atoms with Crippen LogP contribution in [0.25, 0.3) is 0 Å². The highest BCUT2D eigenvalue weighted by atomic mass is 19.1. The van der Waals surface area contributed by atoms with E-state index in [4.69, 9.17) is 4.74 Å². The van der Waals surface area contributed by atoms with Gasteiger partial charge in [0, 0.05) is 37.0 Å². The summed E-state index contributed by atoms with van der Waals surface area (Å²) in [7, 11) is 1.51. The van der Waals surface area contributed by atoms with Gasteiger partial charge in [0.1, 0.15) is 6.54 Å². The number of ether oxygens (including phenoxy) is 1. The Kier molecular flexibility index (Phi) is 5.85. The normalized spacial score (nSPS) is 24.8. The van der Waals surface area contributed by atoms with Crippen LogP contribution in [0.5, 0.6) is 0 Å². The number of imide groups is 1. The van der Waals surface area contributed by atoms with Gasteiger partial charge in [0.05, 0.1) is 6.04 Å². The topological polar surface area (TPSA) is 121 Å². The summed E-state index contributed by atoms with van der Waals surface area (Å²) >= 11 is 0. The van der Waals surface area contributed by atoms with Crippen LogP contribution >= 0.6 is 0 Å². The summed E-state index contributed by atoms with van der Waals surface area (Å²) in [5.41, 5.74) is 1.12. The SMILES string of the molecule is CNC(=O)Nc1ccc2c(c1)CC[C@@]21OC(=O)N(CC(=O)N2[C@H](C)CC[C@H]2c2ccc(F)nc2)C1=O. The maximum Gasteiger partial charge on any atom is 0.418 e. The number of nitrogens with zero attached hydrogens (tertiary/aromatic N) is 3. The van der Waals surface area contributed by atoms with Crippen molar-refractivity contribution in [2.24, 2.45) is 0 Å². The van der Waals surface area contributed by atoms with E-state index in [1.807, 2.05) is 6.92 Å². The van der Waals surface area contributed by atoms with Gasteiger partial charge in [0.15, 0.2) is 0 Å². The molecular weight excluding hydrogens is 469 g/mol. The first-order chi connectivity index (χ1) is 17.2. The number of hydrogen-bond acceptors (Lipinski definition) is 6. The molecule has 5 amide bonds. The summed E-state index contributed by atoms with van der Waals surface area (Å²) in [6.45, 7) is 1.46. The van der Waals surface area contributed by atoms with Gasteiger partial charge in [-0.05, 0) is 55.5 Å². The van der Waals surface area contributed by atoms with Crippen molar-refractivity contribution in [3.05, 3.63) is 59.2 Å². The van der Waals surface area contributed by atoms with Crippen molar-refractivity contribution in [1.29, 1.82) is 0 Å². The second kappa shape index (κ2) is 8.89. The van der Waals surface area contributed by atoms with Crippen molar-refractivity contribution in [2.45, 2.75) is 50.3 Å². The number of hydrogen-bond donors (Lipinski definition) is 2. The molecule has 2 fully saturated rings. The Hall–Kier alpha value is -4.02. The minimum absolute atomic E-state index is 0.117. The Balaban J connectivity index is 1.35. The molecule has 0 saturated carbocycles.